The summed E-state index contributed by atoms with van der Waals surface area (Å²) in [4.78, 5) is 28.6. The van der Waals surface area contributed by atoms with E-state index >= 15 is 0 Å². The van der Waals surface area contributed by atoms with E-state index in [9.17, 15) is 14.7 Å². The summed E-state index contributed by atoms with van der Waals surface area (Å²) in [6, 6.07) is 7.46. The van der Waals surface area contributed by atoms with Crippen molar-refractivity contribution in [2.24, 2.45) is 41.5 Å². The zero-order chi connectivity index (χ0) is 28.6. The Morgan fingerprint density at radius 2 is 1.93 bits per heavy atom. The van der Waals surface area contributed by atoms with Crippen LogP contribution in [0.25, 0.3) is 10.9 Å². The van der Waals surface area contributed by atoms with Gasteiger partial charge >= 0.3 is 5.97 Å². The first-order valence-electron chi connectivity index (χ1n) is 14.3. The number of hydrogen-bond donors (Lipinski definition) is 1. The molecule has 2 saturated carbocycles. The van der Waals surface area contributed by atoms with Crippen LogP contribution in [0.3, 0.4) is 0 Å². The molecule has 3 fully saturated rings. The molecule has 1 N–H and O–H groups in total. The molecule has 8 heteroatoms. The van der Waals surface area contributed by atoms with E-state index in [1.54, 1.807) is 11.7 Å². The fourth-order valence-corrected chi connectivity index (χ4v) is 8.83. The SMILES string of the molecule is CC1=C[C@]23C(=O)[C@@H](C=C4COC(C)(C)O[C@H]4[C@]2(O)[C@H]1OC(=O)c1nn(C)c2ccccc12)C1[C@@H](C[C@H]3C)C1(C)C. The molecule has 8 nitrogen and oxygen atoms in total. The van der Waals surface area contributed by atoms with Crippen molar-refractivity contribution in [3.05, 3.63) is 53.3 Å². The van der Waals surface area contributed by atoms with E-state index in [1.165, 1.54) is 0 Å². The van der Waals surface area contributed by atoms with Gasteiger partial charge in [0.05, 0.1) is 17.5 Å². The van der Waals surface area contributed by atoms with E-state index in [1.807, 2.05) is 57.2 Å². The van der Waals surface area contributed by atoms with Gasteiger partial charge in [-0.25, -0.2) is 4.79 Å². The van der Waals surface area contributed by atoms with Gasteiger partial charge in [0, 0.05) is 18.4 Å². The molecule has 0 radical (unpaired) electrons. The highest BCUT2D eigenvalue weighted by Gasteiger charge is 2.77. The molecule has 0 amide bonds. The number of allylic oxidation sites excluding steroid dienone is 1. The summed E-state index contributed by atoms with van der Waals surface area (Å²) in [6.45, 7) is 12.2. The Morgan fingerprint density at radius 3 is 2.67 bits per heavy atom. The summed E-state index contributed by atoms with van der Waals surface area (Å²) in [5, 5.41) is 18.3. The molecule has 1 unspecified atom stereocenters. The molecule has 1 aromatic heterocycles. The highest BCUT2D eigenvalue weighted by molar-refractivity contribution is 6.02. The van der Waals surface area contributed by atoms with Crippen molar-refractivity contribution in [2.45, 2.75) is 71.6 Å². The first kappa shape index (κ1) is 26.1. The number of fused-ring (bicyclic) bond motifs is 6. The van der Waals surface area contributed by atoms with E-state index in [2.05, 4.69) is 25.9 Å². The number of hydrogen-bond acceptors (Lipinski definition) is 7. The van der Waals surface area contributed by atoms with Gasteiger partial charge in [0.1, 0.15) is 6.10 Å². The second kappa shape index (κ2) is 7.93. The lowest BCUT2D eigenvalue weighted by Gasteiger charge is -2.52. The number of ether oxygens (including phenoxy) is 3. The molecule has 1 aromatic carbocycles. The Bertz CT molecular complexity index is 1530. The van der Waals surface area contributed by atoms with E-state index in [0.717, 1.165) is 17.5 Å². The number of carbonyl (C=O) groups is 2. The quantitative estimate of drug-likeness (QED) is 0.441. The lowest BCUT2D eigenvalue weighted by Crippen LogP contribution is -2.68. The molecule has 1 aliphatic heterocycles. The third-order valence-corrected chi connectivity index (χ3v) is 10.8. The molecular weight excluding hydrogens is 508 g/mol. The fraction of sp³-hybridized carbons (Fsp3) is 0.594. The lowest BCUT2D eigenvalue weighted by atomic mass is 9.59. The highest BCUT2D eigenvalue weighted by Crippen LogP contribution is 2.72. The molecule has 212 valence electrons. The van der Waals surface area contributed by atoms with Crippen molar-refractivity contribution < 1.29 is 28.9 Å². The van der Waals surface area contributed by atoms with E-state index < -0.39 is 35.0 Å². The fourth-order valence-electron chi connectivity index (χ4n) is 8.83. The van der Waals surface area contributed by atoms with Crippen LogP contribution in [0.15, 0.2) is 47.6 Å². The number of aromatic nitrogens is 2. The van der Waals surface area contributed by atoms with Crippen molar-refractivity contribution in [2.75, 3.05) is 6.61 Å². The second-order valence-corrected chi connectivity index (χ2v) is 13.8. The van der Waals surface area contributed by atoms with Crippen LogP contribution in [0.1, 0.15) is 58.5 Å². The minimum atomic E-state index is -1.85. The molecule has 1 spiro atoms. The molecule has 2 aromatic rings. The van der Waals surface area contributed by atoms with Gasteiger partial charge < -0.3 is 19.3 Å². The number of rotatable bonds is 2. The standard InChI is InChI=1S/C32H38N2O6/c1-16-14-31-17(2)12-21-23(29(21,3)4)20(25(31)35)13-18-15-38-30(5,6)40-27(18)32(31,37)26(16)39-28(36)24-19-10-8-9-11-22(19)34(7)33-24/h8-11,13-14,17,20-21,23,26-27,37H,12,15H2,1-7H3/t17-,20+,21-,23?,26+,27-,31+,32-/m1/s1. The van der Waals surface area contributed by atoms with Crippen LogP contribution in [0.4, 0.5) is 0 Å². The van der Waals surface area contributed by atoms with Gasteiger partial charge in [-0.3, -0.25) is 9.48 Å². The highest BCUT2D eigenvalue weighted by atomic mass is 16.7. The van der Waals surface area contributed by atoms with Crippen LogP contribution in [0, 0.1) is 34.5 Å². The van der Waals surface area contributed by atoms with Gasteiger partial charge in [-0.1, -0.05) is 51.1 Å². The minimum Gasteiger partial charge on any atom is -0.450 e. The number of esters is 1. The van der Waals surface area contributed by atoms with Crippen LogP contribution >= 0.6 is 0 Å². The Balaban J connectivity index is 1.38. The third kappa shape index (κ3) is 3.10. The maximum Gasteiger partial charge on any atom is 0.360 e. The molecular formula is C32H38N2O6. The van der Waals surface area contributed by atoms with Crippen LogP contribution in [-0.4, -0.2) is 56.8 Å². The summed E-state index contributed by atoms with van der Waals surface area (Å²) in [7, 11) is 1.78. The van der Waals surface area contributed by atoms with Gasteiger partial charge in [-0.05, 0) is 67.6 Å². The number of nitrogens with zero attached hydrogens (tertiary/aromatic N) is 2. The summed E-state index contributed by atoms with van der Waals surface area (Å²) >= 11 is 0. The zero-order valence-corrected chi connectivity index (χ0v) is 24.2. The van der Waals surface area contributed by atoms with Crippen LogP contribution in [0.2, 0.25) is 0 Å². The molecule has 4 aliphatic carbocycles. The van der Waals surface area contributed by atoms with Gasteiger partial charge in [-0.2, -0.15) is 5.10 Å². The molecule has 40 heavy (non-hydrogen) atoms. The molecule has 5 aliphatic rings. The summed E-state index contributed by atoms with van der Waals surface area (Å²) < 4.78 is 20.4. The predicted octanol–water partition coefficient (Wildman–Crippen LogP) is 4.36. The van der Waals surface area contributed by atoms with Gasteiger partial charge in [0.2, 0.25) is 0 Å². The Morgan fingerprint density at radius 1 is 1.20 bits per heavy atom. The van der Waals surface area contributed by atoms with Crippen LogP contribution in [-0.2, 0) is 26.1 Å². The molecule has 1 saturated heterocycles. The van der Waals surface area contributed by atoms with E-state index in [-0.39, 0.29) is 41.3 Å². The molecule has 7 rings (SSSR count). The predicted molar refractivity (Wildman–Crippen MR) is 147 cm³/mol. The largest absolute Gasteiger partial charge is 0.450 e. The number of Topliss-reactive ketones (excluding diaryl/α,β-unsaturated/α-hetero) is 1. The van der Waals surface area contributed by atoms with Crippen molar-refractivity contribution in [1.29, 1.82) is 0 Å². The number of benzene rings is 1. The first-order valence-corrected chi connectivity index (χ1v) is 14.3. The number of para-hydroxylation sites is 1. The smallest absolute Gasteiger partial charge is 0.360 e. The molecule has 8 atom stereocenters. The van der Waals surface area contributed by atoms with E-state index in [0.29, 0.717) is 16.9 Å². The van der Waals surface area contributed by atoms with Gasteiger partial charge in [0.25, 0.3) is 0 Å². The first-order chi connectivity index (χ1) is 18.7. The average Bonchev–Trinajstić information content (AvgIpc) is 3.19. The van der Waals surface area contributed by atoms with Crippen LogP contribution in [0.5, 0.6) is 0 Å². The van der Waals surface area contributed by atoms with Crippen LogP contribution < -0.4 is 0 Å². The number of ketones is 1. The summed E-state index contributed by atoms with van der Waals surface area (Å²) in [6.07, 6.45) is 2.72. The zero-order valence-electron chi connectivity index (χ0n) is 24.2. The van der Waals surface area contributed by atoms with Crippen molar-refractivity contribution >= 4 is 22.7 Å². The normalized spacial score (nSPS) is 40.6. The number of aliphatic hydroxyl groups is 1. The third-order valence-electron chi connectivity index (χ3n) is 10.8. The summed E-state index contributed by atoms with van der Waals surface area (Å²) in [5.41, 5.74) is -0.729. The second-order valence-electron chi connectivity index (χ2n) is 13.8. The van der Waals surface area contributed by atoms with Gasteiger partial charge in [0.15, 0.2) is 29.0 Å². The Hall–Kier alpha value is -2.81. The molecule has 2 bridgehead atoms. The number of aryl methyl sites for hydroxylation is 1. The average molecular weight is 547 g/mol. The lowest BCUT2D eigenvalue weighted by molar-refractivity contribution is -0.302. The number of carbonyl (C=O) groups excluding carboxylic acids is 2. The Kier molecular flexibility index (Phi) is 5.17. The van der Waals surface area contributed by atoms with Gasteiger partial charge in [-0.15, -0.1) is 0 Å². The maximum absolute atomic E-state index is 14.8. The monoisotopic (exact) mass is 546 g/mol. The topological polar surface area (TPSA) is 99.9 Å². The maximum atomic E-state index is 14.8. The van der Waals surface area contributed by atoms with Crippen molar-refractivity contribution in [3.8, 4) is 0 Å². The Labute approximate surface area is 234 Å². The van der Waals surface area contributed by atoms with E-state index in [4.69, 9.17) is 14.2 Å². The minimum absolute atomic E-state index is 0.00920. The molecule has 2 heterocycles. The van der Waals surface area contributed by atoms with Crippen molar-refractivity contribution in [3.63, 3.8) is 0 Å². The van der Waals surface area contributed by atoms with Crippen molar-refractivity contribution in [1.82, 2.24) is 9.78 Å². The summed E-state index contributed by atoms with van der Waals surface area (Å²) in [5.74, 6) is -1.67.